The average Bonchev–Trinajstić information content (AvgIpc) is 2.39. The molecule has 0 fully saturated rings. The Morgan fingerprint density at radius 1 is 1.14 bits per heavy atom. The van der Waals surface area contributed by atoms with Crippen LogP contribution in [0.2, 0.25) is 0 Å². The van der Waals surface area contributed by atoms with Gasteiger partial charge in [-0.25, -0.2) is 4.79 Å². The second-order valence-electron chi connectivity index (χ2n) is 4.44. The Morgan fingerprint density at radius 2 is 1.86 bits per heavy atom. The van der Waals surface area contributed by atoms with E-state index in [-0.39, 0.29) is 29.5 Å². The van der Waals surface area contributed by atoms with Gasteiger partial charge in [-0.1, -0.05) is 18.2 Å². The smallest absolute Gasteiger partial charge is 0.372 e. The summed E-state index contributed by atoms with van der Waals surface area (Å²) >= 11 is 0. The molecule has 0 aliphatic carbocycles. The zero-order chi connectivity index (χ0) is 14.4. The Hall–Kier alpha value is -1.88. The normalized spacial score (nSPS) is 9.62. The Bertz CT molecular complexity index is 587. The molecule has 2 aromatic rings. The highest BCUT2D eigenvalue weighted by atomic mass is 79.9. The zero-order valence-electron chi connectivity index (χ0n) is 12.1. The Morgan fingerprint density at radius 3 is 2.52 bits per heavy atom. The topological polar surface area (TPSA) is 39.4 Å². The molecule has 0 saturated carbocycles. The minimum absolute atomic E-state index is 0. The third-order valence-electron chi connectivity index (χ3n) is 2.63. The quantitative estimate of drug-likeness (QED) is 0.545. The van der Waals surface area contributed by atoms with Crippen LogP contribution in [0.1, 0.15) is 12.5 Å². The molecule has 5 heteroatoms. The van der Waals surface area contributed by atoms with Crippen LogP contribution in [-0.2, 0) is 16.1 Å². The van der Waals surface area contributed by atoms with Crippen molar-refractivity contribution in [3.8, 4) is 11.5 Å². The highest BCUT2D eigenvalue weighted by Crippen LogP contribution is 2.19. The molecule has 0 spiro atoms. The number of esters is 1. The van der Waals surface area contributed by atoms with E-state index in [0.29, 0.717) is 12.4 Å². The molecule has 112 valence electrons. The number of rotatable bonds is 5. The second kappa shape index (κ2) is 8.42. The molecule has 4 nitrogen and oxygen atoms in total. The number of carbonyl (C=O) groups excluding carboxylic acids is 1. The maximum Gasteiger partial charge on any atom is 0.372 e. The van der Waals surface area contributed by atoms with Crippen molar-refractivity contribution in [1.82, 2.24) is 0 Å². The Balaban J connectivity index is 0.00000220. The van der Waals surface area contributed by atoms with E-state index >= 15 is 0 Å². The lowest BCUT2D eigenvalue weighted by molar-refractivity contribution is -0.686. The molecule has 0 saturated heterocycles. The minimum atomic E-state index is -0.256. The minimum Gasteiger partial charge on any atom is -1.00 e. The van der Waals surface area contributed by atoms with Crippen LogP contribution in [0.4, 0.5) is 0 Å². The molecule has 0 aliphatic heterocycles. The van der Waals surface area contributed by atoms with Crippen LogP contribution in [0.25, 0.3) is 0 Å². The molecule has 0 unspecified atom stereocenters. The lowest BCUT2D eigenvalue weighted by atomic mass is 10.3. The molecular weight excluding hydrogens is 334 g/mol. The molecule has 21 heavy (non-hydrogen) atoms. The molecule has 0 bridgehead atoms. The lowest BCUT2D eigenvalue weighted by Gasteiger charge is -2.05. The number of benzene rings is 1. The number of pyridine rings is 1. The number of nitrogens with zero attached hydrogens (tertiary/aromatic N) is 1. The fourth-order valence-electron chi connectivity index (χ4n) is 1.89. The van der Waals surface area contributed by atoms with Gasteiger partial charge in [-0.05, 0) is 32.0 Å². The van der Waals surface area contributed by atoms with E-state index in [1.165, 1.54) is 0 Å². The van der Waals surface area contributed by atoms with E-state index in [1.807, 2.05) is 49.5 Å². The SMILES string of the molecule is CCOC(=O)C[n+]1cc(C)cc(Oc2ccccc2)c1.[Br-]. The van der Waals surface area contributed by atoms with Crippen LogP contribution in [0, 0.1) is 6.92 Å². The Labute approximate surface area is 135 Å². The molecule has 0 aliphatic rings. The van der Waals surface area contributed by atoms with E-state index in [4.69, 9.17) is 9.47 Å². The van der Waals surface area contributed by atoms with Crippen molar-refractivity contribution >= 4 is 5.97 Å². The summed E-state index contributed by atoms with van der Waals surface area (Å²) in [4.78, 5) is 11.5. The van der Waals surface area contributed by atoms with Crippen LogP contribution in [0.15, 0.2) is 48.8 Å². The van der Waals surface area contributed by atoms with Gasteiger partial charge in [0.2, 0.25) is 12.7 Å². The number of halogens is 1. The van der Waals surface area contributed by atoms with Crippen LogP contribution >= 0.6 is 0 Å². The van der Waals surface area contributed by atoms with Crippen molar-refractivity contribution in [2.24, 2.45) is 0 Å². The van der Waals surface area contributed by atoms with Crippen molar-refractivity contribution in [3.05, 3.63) is 54.4 Å². The molecule has 0 atom stereocenters. The number of aromatic nitrogens is 1. The van der Waals surface area contributed by atoms with Gasteiger partial charge in [-0.2, -0.15) is 4.57 Å². The van der Waals surface area contributed by atoms with Crippen molar-refractivity contribution < 1.29 is 35.8 Å². The van der Waals surface area contributed by atoms with E-state index < -0.39 is 0 Å². The van der Waals surface area contributed by atoms with Crippen LogP contribution in [0.5, 0.6) is 11.5 Å². The number of ether oxygens (including phenoxy) is 2. The van der Waals surface area contributed by atoms with E-state index in [9.17, 15) is 4.79 Å². The number of carbonyl (C=O) groups is 1. The van der Waals surface area contributed by atoms with Gasteiger partial charge in [-0.3, -0.25) is 0 Å². The lowest BCUT2D eigenvalue weighted by Crippen LogP contribution is -3.00. The number of aryl methyl sites for hydroxylation is 1. The Kier molecular flexibility index (Phi) is 6.88. The van der Waals surface area contributed by atoms with Gasteiger partial charge >= 0.3 is 5.97 Å². The van der Waals surface area contributed by atoms with Crippen molar-refractivity contribution in [2.75, 3.05) is 6.61 Å². The van der Waals surface area contributed by atoms with Gasteiger partial charge in [0.1, 0.15) is 5.75 Å². The summed E-state index contributed by atoms with van der Waals surface area (Å²) in [6, 6.07) is 11.5. The maximum atomic E-state index is 11.5. The van der Waals surface area contributed by atoms with Crippen molar-refractivity contribution in [3.63, 3.8) is 0 Å². The number of para-hydroxylation sites is 1. The maximum absolute atomic E-state index is 11.5. The molecule has 2 rings (SSSR count). The van der Waals surface area contributed by atoms with E-state index in [2.05, 4.69) is 0 Å². The summed E-state index contributed by atoms with van der Waals surface area (Å²) in [7, 11) is 0. The predicted molar refractivity (Wildman–Crippen MR) is 74.5 cm³/mol. The van der Waals surface area contributed by atoms with E-state index in [1.54, 1.807) is 17.7 Å². The zero-order valence-corrected chi connectivity index (χ0v) is 13.7. The summed E-state index contributed by atoms with van der Waals surface area (Å²) in [5.41, 5.74) is 1.02. The largest absolute Gasteiger partial charge is 1.00 e. The average molecular weight is 352 g/mol. The standard InChI is InChI=1S/C16H18NO3.BrH/c1-3-19-16(18)12-17-10-13(2)9-15(11-17)20-14-7-5-4-6-8-14;/h4-11H,3,12H2,1-2H3;1H/q+1;/p-1. The van der Waals surface area contributed by atoms with Crippen molar-refractivity contribution in [1.29, 1.82) is 0 Å². The second-order valence-corrected chi connectivity index (χ2v) is 4.44. The summed E-state index contributed by atoms with van der Waals surface area (Å²) < 4.78 is 12.5. The van der Waals surface area contributed by atoms with Gasteiger partial charge in [0.05, 0.1) is 6.61 Å². The van der Waals surface area contributed by atoms with Crippen LogP contribution < -0.4 is 26.3 Å². The molecular formula is C16H18BrNO3. The molecule has 1 aromatic carbocycles. The molecule has 0 radical (unpaired) electrons. The summed E-state index contributed by atoms with van der Waals surface area (Å²) in [5, 5.41) is 0. The van der Waals surface area contributed by atoms with Gasteiger partial charge in [0, 0.05) is 5.56 Å². The van der Waals surface area contributed by atoms with Gasteiger partial charge in [-0.15, -0.1) is 0 Å². The summed E-state index contributed by atoms with van der Waals surface area (Å²) in [5.74, 6) is 1.20. The first kappa shape index (κ1) is 17.2. The van der Waals surface area contributed by atoms with Gasteiger partial charge < -0.3 is 26.5 Å². The first-order chi connectivity index (χ1) is 9.67. The first-order valence-corrected chi connectivity index (χ1v) is 6.56. The highest BCUT2D eigenvalue weighted by molar-refractivity contribution is 5.67. The molecule has 0 N–H and O–H groups in total. The molecule has 0 amide bonds. The first-order valence-electron chi connectivity index (χ1n) is 6.56. The predicted octanol–water partition coefficient (Wildman–Crippen LogP) is -0.358. The molecule has 1 aromatic heterocycles. The fourth-order valence-corrected chi connectivity index (χ4v) is 1.89. The fraction of sp³-hybridized carbons (Fsp3) is 0.250. The summed E-state index contributed by atoms with van der Waals surface area (Å²) in [6.45, 7) is 4.32. The summed E-state index contributed by atoms with van der Waals surface area (Å²) in [6.07, 6.45) is 3.67. The monoisotopic (exact) mass is 351 g/mol. The highest BCUT2D eigenvalue weighted by Gasteiger charge is 2.13. The van der Waals surface area contributed by atoms with Gasteiger partial charge in [0.15, 0.2) is 11.9 Å². The third-order valence-corrected chi connectivity index (χ3v) is 2.63. The number of hydrogen-bond acceptors (Lipinski definition) is 3. The number of hydrogen-bond donors (Lipinski definition) is 0. The van der Waals surface area contributed by atoms with Gasteiger partial charge in [0.25, 0.3) is 0 Å². The van der Waals surface area contributed by atoms with Crippen LogP contribution in [0.3, 0.4) is 0 Å². The third kappa shape index (κ3) is 5.55. The van der Waals surface area contributed by atoms with E-state index in [0.717, 1.165) is 11.3 Å². The van der Waals surface area contributed by atoms with Crippen molar-refractivity contribution in [2.45, 2.75) is 20.4 Å². The van der Waals surface area contributed by atoms with Crippen LogP contribution in [-0.4, -0.2) is 12.6 Å². The molecule has 1 heterocycles.